The fraction of sp³-hybridized carbons (Fsp3) is 0.267. The van der Waals surface area contributed by atoms with Crippen LogP contribution >= 0.6 is 0 Å². The maximum absolute atomic E-state index is 13.2. The van der Waals surface area contributed by atoms with E-state index in [-0.39, 0.29) is 11.7 Å². The third kappa shape index (κ3) is 2.48. The van der Waals surface area contributed by atoms with Gasteiger partial charge >= 0.3 is 0 Å². The van der Waals surface area contributed by atoms with Gasteiger partial charge in [-0.2, -0.15) is 0 Å². The first-order valence-electron chi connectivity index (χ1n) is 6.42. The van der Waals surface area contributed by atoms with Crippen molar-refractivity contribution in [2.45, 2.75) is 25.4 Å². The molecule has 2 aromatic rings. The molecule has 1 aromatic heterocycles. The molecular formula is C15H12F3NO. The van der Waals surface area contributed by atoms with Crippen LogP contribution < -0.4 is 4.74 Å². The van der Waals surface area contributed by atoms with E-state index in [1.165, 1.54) is 0 Å². The van der Waals surface area contributed by atoms with Gasteiger partial charge in [0.2, 0.25) is 5.88 Å². The van der Waals surface area contributed by atoms with Gasteiger partial charge < -0.3 is 4.74 Å². The summed E-state index contributed by atoms with van der Waals surface area (Å²) in [4.78, 5) is 4.20. The molecule has 2 nitrogen and oxygen atoms in total. The summed E-state index contributed by atoms with van der Waals surface area (Å²) in [6.07, 6.45) is 3.29. The molecule has 3 rings (SSSR count). The largest absolute Gasteiger partial charge is 0.474 e. The lowest BCUT2D eigenvalue weighted by Gasteiger charge is -2.25. The average Bonchev–Trinajstić information content (AvgIpc) is 2.40. The molecule has 0 aliphatic heterocycles. The van der Waals surface area contributed by atoms with E-state index in [0.29, 0.717) is 11.6 Å². The summed E-state index contributed by atoms with van der Waals surface area (Å²) in [6, 6.07) is 6.83. The first-order valence-corrected chi connectivity index (χ1v) is 6.42. The zero-order chi connectivity index (χ0) is 14.1. The van der Waals surface area contributed by atoms with Gasteiger partial charge in [-0.05, 0) is 37.5 Å². The van der Waals surface area contributed by atoms with Gasteiger partial charge in [-0.15, -0.1) is 0 Å². The molecule has 0 atom stereocenters. The summed E-state index contributed by atoms with van der Waals surface area (Å²) in [5, 5.41) is 0. The van der Waals surface area contributed by atoms with E-state index in [1.807, 2.05) is 0 Å². The minimum absolute atomic E-state index is 0.166. The molecule has 0 radical (unpaired) electrons. The van der Waals surface area contributed by atoms with E-state index in [0.717, 1.165) is 31.4 Å². The van der Waals surface area contributed by atoms with Crippen molar-refractivity contribution in [3.63, 3.8) is 0 Å². The van der Waals surface area contributed by atoms with Crippen LogP contribution in [0.25, 0.3) is 11.3 Å². The molecule has 104 valence electrons. The number of hydrogen-bond donors (Lipinski definition) is 0. The summed E-state index contributed by atoms with van der Waals surface area (Å²) in [6.45, 7) is 0. The smallest absolute Gasteiger partial charge is 0.214 e. The van der Waals surface area contributed by atoms with Crippen molar-refractivity contribution in [1.29, 1.82) is 0 Å². The summed E-state index contributed by atoms with van der Waals surface area (Å²) in [7, 11) is 0. The molecule has 5 heteroatoms. The van der Waals surface area contributed by atoms with E-state index in [4.69, 9.17) is 4.74 Å². The molecule has 0 bridgehead atoms. The van der Waals surface area contributed by atoms with Gasteiger partial charge in [-0.1, -0.05) is 6.07 Å². The Morgan fingerprint density at radius 3 is 2.35 bits per heavy atom. The third-order valence-electron chi connectivity index (χ3n) is 3.34. The molecule has 1 aliphatic rings. The second-order valence-electron chi connectivity index (χ2n) is 4.79. The van der Waals surface area contributed by atoms with Crippen LogP contribution in [0.3, 0.4) is 0 Å². The third-order valence-corrected chi connectivity index (χ3v) is 3.34. The minimum atomic E-state index is -1.48. The molecule has 1 aromatic carbocycles. The SMILES string of the molecule is Fc1cc(-c2cccc(OC3CCC3)n2)cc(F)c1F. The van der Waals surface area contributed by atoms with Crippen molar-refractivity contribution in [1.82, 2.24) is 4.98 Å². The molecule has 0 amide bonds. The second-order valence-corrected chi connectivity index (χ2v) is 4.79. The Kier molecular flexibility index (Phi) is 3.34. The number of rotatable bonds is 3. The van der Waals surface area contributed by atoms with Gasteiger partial charge in [0.15, 0.2) is 17.5 Å². The number of halogens is 3. The predicted octanol–water partition coefficient (Wildman–Crippen LogP) is 4.10. The highest BCUT2D eigenvalue weighted by Crippen LogP contribution is 2.27. The number of nitrogens with zero attached hydrogens (tertiary/aromatic N) is 1. The number of benzene rings is 1. The zero-order valence-electron chi connectivity index (χ0n) is 10.6. The van der Waals surface area contributed by atoms with Crippen LogP contribution in [0.1, 0.15) is 19.3 Å². The number of hydrogen-bond acceptors (Lipinski definition) is 2. The average molecular weight is 279 g/mol. The molecule has 20 heavy (non-hydrogen) atoms. The van der Waals surface area contributed by atoms with E-state index in [2.05, 4.69) is 4.98 Å². The van der Waals surface area contributed by atoms with Crippen LogP contribution in [0.2, 0.25) is 0 Å². The molecule has 1 fully saturated rings. The minimum Gasteiger partial charge on any atom is -0.474 e. The molecule has 0 spiro atoms. The highest BCUT2D eigenvalue weighted by atomic mass is 19.2. The van der Waals surface area contributed by atoms with Crippen LogP contribution in [0.15, 0.2) is 30.3 Å². The van der Waals surface area contributed by atoms with E-state index < -0.39 is 17.5 Å². The van der Waals surface area contributed by atoms with Crippen LogP contribution in [0.5, 0.6) is 5.88 Å². The van der Waals surface area contributed by atoms with Crippen LogP contribution in [-0.2, 0) is 0 Å². The number of pyridine rings is 1. The standard InChI is InChI=1S/C15H12F3NO/c16-11-7-9(8-12(17)15(11)18)13-5-2-6-14(19-13)20-10-3-1-4-10/h2,5-8,10H,1,3-4H2. The fourth-order valence-corrected chi connectivity index (χ4v) is 2.00. The monoisotopic (exact) mass is 279 g/mol. The van der Waals surface area contributed by atoms with Gasteiger partial charge in [-0.3, -0.25) is 0 Å². The highest BCUT2D eigenvalue weighted by Gasteiger charge is 2.20. The normalized spacial score (nSPS) is 14.9. The molecular weight excluding hydrogens is 267 g/mol. The van der Waals surface area contributed by atoms with E-state index in [9.17, 15) is 13.2 Å². The number of ether oxygens (including phenoxy) is 1. The van der Waals surface area contributed by atoms with Gasteiger partial charge in [0, 0.05) is 11.6 Å². The Hall–Kier alpha value is -2.04. The van der Waals surface area contributed by atoms with Crippen molar-refractivity contribution in [2.75, 3.05) is 0 Å². The second kappa shape index (κ2) is 5.15. The predicted molar refractivity (Wildman–Crippen MR) is 67.8 cm³/mol. The zero-order valence-corrected chi connectivity index (χ0v) is 10.6. The fourth-order valence-electron chi connectivity index (χ4n) is 2.00. The lowest BCUT2D eigenvalue weighted by molar-refractivity contribution is 0.115. The van der Waals surface area contributed by atoms with Crippen molar-refractivity contribution >= 4 is 0 Å². The van der Waals surface area contributed by atoms with Crippen molar-refractivity contribution in [3.05, 3.63) is 47.8 Å². The molecule has 1 heterocycles. The molecule has 1 saturated carbocycles. The van der Waals surface area contributed by atoms with Crippen molar-refractivity contribution in [3.8, 4) is 17.1 Å². The first kappa shape index (κ1) is 13.0. The summed E-state index contributed by atoms with van der Waals surface area (Å²) < 4.78 is 45.0. The lowest BCUT2D eigenvalue weighted by Crippen LogP contribution is -2.24. The first-order chi connectivity index (χ1) is 9.63. The van der Waals surface area contributed by atoms with Crippen LogP contribution in [0, 0.1) is 17.5 Å². The van der Waals surface area contributed by atoms with Gasteiger partial charge in [-0.25, -0.2) is 18.2 Å². The Bertz CT molecular complexity index is 618. The summed E-state index contributed by atoms with van der Waals surface area (Å²) in [5.41, 5.74) is 0.528. The van der Waals surface area contributed by atoms with E-state index in [1.54, 1.807) is 18.2 Å². The van der Waals surface area contributed by atoms with Crippen LogP contribution in [0.4, 0.5) is 13.2 Å². The topological polar surface area (TPSA) is 22.1 Å². The Labute approximate surface area is 114 Å². The van der Waals surface area contributed by atoms with Gasteiger partial charge in [0.05, 0.1) is 5.69 Å². The van der Waals surface area contributed by atoms with Crippen molar-refractivity contribution < 1.29 is 17.9 Å². The molecule has 0 saturated heterocycles. The van der Waals surface area contributed by atoms with E-state index >= 15 is 0 Å². The Morgan fingerprint density at radius 1 is 1.05 bits per heavy atom. The molecule has 1 aliphatic carbocycles. The van der Waals surface area contributed by atoms with Crippen LogP contribution in [-0.4, -0.2) is 11.1 Å². The van der Waals surface area contributed by atoms with Gasteiger partial charge in [0.25, 0.3) is 0 Å². The maximum Gasteiger partial charge on any atom is 0.214 e. The quantitative estimate of drug-likeness (QED) is 0.789. The Morgan fingerprint density at radius 2 is 1.75 bits per heavy atom. The summed E-state index contributed by atoms with van der Waals surface area (Å²) in [5.74, 6) is -3.52. The maximum atomic E-state index is 13.2. The summed E-state index contributed by atoms with van der Waals surface area (Å²) >= 11 is 0. The van der Waals surface area contributed by atoms with Gasteiger partial charge in [0.1, 0.15) is 6.10 Å². The lowest BCUT2D eigenvalue weighted by atomic mass is 9.96. The number of aromatic nitrogens is 1. The molecule has 0 unspecified atom stereocenters. The highest BCUT2D eigenvalue weighted by molar-refractivity contribution is 5.59. The Balaban J connectivity index is 1.91. The van der Waals surface area contributed by atoms with Crippen molar-refractivity contribution in [2.24, 2.45) is 0 Å². The molecule has 0 N–H and O–H groups in total.